The Labute approximate surface area is 166 Å². The Kier molecular flexibility index (Phi) is 6.35. The van der Waals surface area contributed by atoms with Gasteiger partial charge in [-0.2, -0.15) is 0 Å². The fourth-order valence-corrected chi connectivity index (χ4v) is 5.01. The number of amides is 4. The van der Waals surface area contributed by atoms with Gasteiger partial charge in [0.25, 0.3) is 0 Å². The summed E-state index contributed by atoms with van der Waals surface area (Å²) in [5.41, 5.74) is 0. The molecule has 2 fully saturated rings. The smallest absolute Gasteiger partial charge is 0.311 e. The second kappa shape index (κ2) is 8.55. The first-order valence-corrected chi connectivity index (χ1v) is 10.7. The third kappa shape index (κ3) is 4.26. The second-order valence-corrected chi connectivity index (χ2v) is 8.58. The molecule has 11 heteroatoms. The van der Waals surface area contributed by atoms with E-state index in [1.807, 2.05) is 0 Å². The van der Waals surface area contributed by atoms with Crippen LogP contribution in [0.5, 0.6) is 0 Å². The van der Waals surface area contributed by atoms with Gasteiger partial charge in [0.05, 0.1) is 29.4 Å². The highest BCUT2D eigenvalue weighted by Gasteiger charge is 2.50. The molecule has 4 amide bonds. The summed E-state index contributed by atoms with van der Waals surface area (Å²) < 4.78 is 0. The fourth-order valence-electron chi connectivity index (χ4n) is 3.33. The summed E-state index contributed by atoms with van der Waals surface area (Å²) in [6.45, 7) is 2.08. The molecule has 3 N–H and O–H groups in total. The van der Waals surface area contributed by atoms with Crippen LogP contribution in [0.15, 0.2) is 11.6 Å². The molecule has 4 unspecified atom stereocenters. The third-order valence-corrected chi connectivity index (χ3v) is 6.58. The first-order chi connectivity index (χ1) is 12.9. The number of nitrogens with zero attached hydrogens (tertiary/aromatic N) is 3. The first kappa shape index (κ1) is 20.1. The van der Waals surface area contributed by atoms with Crippen LogP contribution >= 0.6 is 23.1 Å². The monoisotopic (exact) mass is 412 g/mol. The summed E-state index contributed by atoms with van der Waals surface area (Å²) in [5, 5.41) is 11.6. The highest BCUT2D eigenvalue weighted by Crippen LogP contribution is 2.31. The molecule has 148 valence electrons. The average Bonchev–Trinajstić information content (AvgIpc) is 3.15. The van der Waals surface area contributed by atoms with Crippen LogP contribution in [0.2, 0.25) is 0 Å². The van der Waals surface area contributed by atoms with Crippen molar-refractivity contribution in [3.05, 3.63) is 11.6 Å². The number of thioether (sulfide) groups is 1. The summed E-state index contributed by atoms with van der Waals surface area (Å²) >= 11 is 2.74. The van der Waals surface area contributed by atoms with Crippen LogP contribution in [-0.4, -0.2) is 70.2 Å². The van der Waals surface area contributed by atoms with Crippen molar-refractivity contribution in [1.29, 1.82) is 0 Å². The Bertz CT molecular complexity index is 700. The highest BCUT2D eigenvalue weighted by molar-refractivity contribution is 8.00. The average molecular weight is 413 g/mol. The van der Waals surface area contributed by atoms with Crippen LogP contribution in [0, 0.1) is 5.92 Å². The number of hydrogen-bond acceptors (Lipinski definition) is 8. The number of fused-ring (bicyclic) bond motifs is 1. The molecule has 0 aromatic carbocycles. The van der Waals surface area contributed by atoms with Crippen molar-refractivity contribution in [2.45, 2.75) is 37.5 Å². The van der Waals surface area contributed by atoms with Crippen molar-refractivity contribution in [2.24, 2.45) is 5.92 Å². The van der Waals surface area contributed by atoms with Gasteiger partial charge in [-0.05, 0) is 6.42 Å². The summed E-state index contributed by atoms with van der Waals surface area (Å²) in [5.74, 6) is -0.687. The molecule has 2 saturated heterocycles. The van der Waals surface area contributed by atoms with Gasteiger partial charge < -0.3 is 10.2 Å². The minimum absolute atomic E-state index is 0.0257. The minimum atomic E-state index is -0.469. The summed E-state index contributed by atoms with van der Waals surface area (Å²) in [6.07, 6.45) is 3.03. The number of imide groups is 1. The molecule has 4 atom stereocenters. The SMILES string of the molecule is CCCC1NC(SCC(=O)Nc2nccs2)C2C(=O)N(C)C(=O)N(C)C2N1. The highest BCUT2D eigenvalue weighted by atomic mass is 32.2. The Hall–Kier alpha value is -1.69. The number of nitrogens with one attached hydrogen (secondary N) is 3. The van der Waals surface area contributed by atoms with Gasteiger partial charge in [0.2, 0.25) is 11.8 Å². The maximum Gasteiger partial charge on any atom is 0.327 e. The first-order valence-electron chi connectivity index (χ1n) is 8.79. The van der Waals surface area contributed by atoms with Crippen molar-refractivity contribution < 1.29 is 14.4 Å². The maximum absolute atomic E-state index is 12.8. The molecule has 0 saturated carbocycles. The Morgan fingerprint density at radius 3 is 2.81 bits per heavy atom. The molecule has 1 aromatic heterocycles. The molecule has 0 aliphatic carbocycles. The summed E-state index contributed by atoms with van der Waals surface area (Å²) in [6, 6.07) is -0.323. The van der Waals surface area contributed by atoms with Crippen molar-refractivity contribution in [1.82, 2.24) is 25.4 Å². The molecule has 2 aliphatic rings. The maximum atomic E-state index is 12.8. The van der Waals surface area contributed by atoms with E-state index < -0.39 is 12.1 Å². The van der Waals surface area contributed by atoms with E-state index in [4.69, 9.17) is 0 Å². The van der Waals surface area contributed by atoms with Gasteiger partial charge in [0, 0.05) is 25.7 Å². The molecular weight excluding hydrogens is 388 g/mol. The number of rotatable bonds is 6. The molecule has 1 aromatic rings. The van der Waals surface area contributed by atoms with Crippen molar-refractivity contribution in [3.8, 4) is 0 Å². The fraction of sp³-hybridized carbons (Fsp3) is 0.625. The number of urea groups is 1. The van der Waals surface area contributed by atoms with Gasteiger partial charge in [0.15, 0.2) is 5.13 Å². The van der Waals surface area contributed by atoms with Crippen molar-refractivity contribution in [3.63, 3.8) is 0 Å². The Morgan fingerprint density at radius 2 is 2.15 bits per heavy atom. The quantitative estimate of drug-likeness (QED) is 0.638. The lowest BCUT2D eigenvalue weighted by Gasteiger charge is -2.50. The van der Waals surface area contributed by atoms with Crippen LogP contribution in [0.25, 0.3) is 0 Å². The lowest BCUT2D eigenvalue weighted by molar-refractivity contribution is -0.140. The molecule has 0 bridgehead atoms. The molecule has 3 rings (SSSR count). The number of carbonyl (C=O) groups is 3. The van der Waals surface area contributed by atoms with Crippen LogP contribution in [0.3, 0.4) is 0 Å². The largest absolute Gasteiger partial charge is 0.327 e. The predicted octanol–water partition coefficient (Wildman–Crippen LogP) is 0.926. The van der Waals surface area contributed by atoms with E-state index in [9.17, 15) is 14.4 Å². The van der Waals surface area contributed by atoms with Gasteiger partial charge in [-0.1, -0.05) is 13.3 Å². The van der Waals surface area contributed by atoms with Gasteiger partial charge in [-0.25, -0.2) is 9.78 Å². The molecule has 0 radical (unpaired) electrons. The van der Waals surface area contributed by atoms with Crippen molar-refractivity contribution in [2.75, 3.05) is 25.2 Å². The van der Waals surface area contributed by atoms with Gasteiger partial charge in [0.1, 0.15) is 0 Å². The molecule has 3 heterocycles. The van der Waals surface area contributed by atoms with E-state index in [1.165, 1.54) is 30.1 Å². The topological polar surface area (TPSA) is 107 Å². The molecule has 0 spiro atoms. The van der Waals surface area contributed by atoms with E-state index in [0.717, 1.165) is 17.7 Å². The number of carbonyl (C=O) groups excluding carboxylic acids is 3. The molecule has 2 aliphatic heterocycles. The minimum Gasteiger partial charge on any atom is -0.311 e. The zero-order chi connectivity index (χ0) is 19.6. The number of hydrogen-bond donors (Lipinski definition) is 3. The Balaban J connectivity index is 1.71. The van der Waals surface area contributed by atoms with Crippen LogP contribution in [0.4, 0.5) is 9.93 Å². The molecule has 9 nitrogen and oxygen atoms in total. The number of anilines is 1. The lowest BCUT2D eigenvalue weighted by Crippen LogP contribution is -2.74. The van der Waals surface area contributed by atoms with Gasteiger partial charge >= 0.3 is 6.03 Å². The van der Waals surface area contributed by atoms with E-state index in [0.29, 0.717) is 5.13 Å². The number of thiazole rings is 1. The van der Waals surface area contributed by atoms with Crippen LogP contribution < -0.4 is 16.0 Å². The number of aromatic nitrogens is 1. The lowest BCUT2D eigenvalue weighted by atomic mass is 9.96. The van der Waals surface area contributed by atoms with E-state index in [-0.39, 0.29) is 35.1 Å². The van der Waals surface area contributed by atoms with Gasteiger partial charge in [-0.15, -0.1) is 23.1 Å². The summed E-state index contributed by atoms with van der Waals surface area (Å²) in [4.78, 5) is 44.0. The molecule has 27 heavy (non-hydrogen) atoms. The van der Waals surface area contributed by atoms with E-state index in [2.05, 4.69) is 27.9 Å². The van der Waals surface area contributed by atoms with Crippen molar-refractivity contribution >= 4 is 46.1 Å². The standard InChI is InChI=1S/C16H24N6O3S2/c1-4-5-9-18-12-11(14(24)22(3)16(25)21(12)2)13(19-9)27-8-10(23)20-15-17-6-7-26-15/h6-7,9,11-13,18-19H,4-5,8H2,1-3H3,(H,17,20,23). The summed E-state index contributed by atoms with van der Waals surface area (Å²) in [7, 11) is 3.19. The zero-order valence-corrected chi connectivity index (χ0v) is 17.1. The van der Waals surface area contributed by atoms with E-state index >= 15 is 0 Å². The Morgan fingerprint density at radius 1 is 1.37 bits per heavy atom. The normalized spacial score (nSPS) is 28.3. The zero-order valence-electron chi connectivity index (χ0n) is 15.5. The predicted molar refractivity (Wildman–Crippen MR) is 105 cm³/mol. The second-order valence-electron chi connectivity index (χ2n) is 6.55. The van der Waals surface area contributed by atoms with Crippen LogP contribution in [0.1, 0.15) is 19.8 Å². The molecular formula is C16H24N6O3S2. The third-order valence-electron chi connectivity index (χ3n) is 4.68. The van der Waals surface area contributed by atoms with Crippen LogP contribution in [-0.2, 0) is 9.59 Å². The van der Waals surface area contributed by atoms with E-state index in [1.54, 1.807) is 23.5 Å². The van der Waals surface area contributed by atoms with Gasteiger partial charge in [-0.3, -0.25) is 25.1 Å².